The van der Waals surface area contributed by atoms with Gasteiger partial charge < -0.3 is 14.2 Å². The van der Waals surface area contributed by atoms with E-state index in [1.807, 2.05) is 24.0 Å². The summed E-state index contributed by atoms with van der Waals surface area (Å²) in [5.74, 6) is 1.73. The molecule has 0 aromatic carbocycles. The fourth-order valence-corrected chi connectivity index (χ4v) is 4.07. The molecule has 144 valence electrons. The van der Waals surface area contributed by atoms with Gasteiger partial charge in [-0.15, -0.1) is 0 Å². The van der Waals surface area contributed by atoms with Gasteiger partial charge in [-0.1, -0.05) is 12.1 Å². The maximum absolute atomic E-state index is 13.0. The zero-order valence-corrected chi connectivity index (χ0v) is 16.0. The SMILES string of the molecule is Cc1ncccc1C(=O)N1CCCC(C)(c2noc(C3CCOCC3)n2)C1. The predicted octanol–water partition coefficient (Wildman–Crippen LogP) is 2.86. The molecule has 0 N–H and O–H groups in total. The Kier molecular flexibility index (Phi) is 4.95. The third-order valence-corrected chi connectivity index (χ3v) is 5.77. The van der Waals surface area contributed by atoms with Crippen LogP contribution in [-0.4, -0.2) is 52.2 Å². The molecule has 27 heavy (non-hydrogen) atoms. The molecule has 0 bridgehead atoms. The first-order valence-corrected chi connectivity index (χ1v) is 9.69. The number of aromatic nitrogens is 3. The highest BCUT2D eigenvalue weighted by atomic mass is 16.5. The molecule has 1 amide bonds. The van der Waals surface area contributed by atoms with Gasteiger partial charge in [-0.05, 0) is 44.7 Å². The van der Waals surface area contributed by atoms with Crippen LogP contribution in [0.2, 0.25) is 0 Å². The smallest absolute Gasteiger partial charge is 0.255 e. The molecule has 1 unspecified atom stereocenters. The number of hydrogen-bond donors (Lipinski definition) is 0. The minimum atomic E-state index is -0.295. The van der Waals surface area contributed by atoms with Crippen molar-refractivity contribution in [3.8, 4) is 0 Å². The van der Waals surface area contributed by atoms with E-state index in [9.17, 15) is 4.79 Å². The van der Waals surface area contributed by atoms with E-state index in [-0.39, 0.29) is 17.2 Å². The minimum Gasteiger partial charge on any atom is -0.381 e. The Labute approximate surface area is 159 Å². The molecular weight excluding hydrogens is 344 g/mol. The van der Waals surface area contributed by atoms with Gasteiger partial charge in [0.05, 0.1) is 5.56 Å². The third-order valence-electron chi connectivity index (χ3n) is 5.77. The van der Waals surface area contributed by atoms with Crippen molar-refractivity contribution in [1.29, 1.82) is 0 Å². The van der Waals surface area contributed by atoms with Crippen LogP contribution in [0.25, 0.3) is 0 Å². The van der Waals surface area contributed by atoms with Crippen molar-refractivity contribution in [2.75, 3.05) is 26.3 Å². The van der Waals surface area contributed by atoms with Crippen LogP contribution < -0.4 is 0 Å². The molecule has 4 heterocycles. The predicted molar refractivity (Wildman–Crippen MR) is 98.6 cm³/mol. The molecule has 0 spiro atoms. The fourth-order valence-electron chi connectivity index (χ4n) is 4.07. The lowest BCUT2D eigenvalue weighted by Gasteiger charge is -2.38. The van der Waals surface area contributed by atoms with E-state index in [1.165, 1.54) is 0 Å². The van der Waals surface area contributed by atoms with Gasteiger partial charge in [0.1, 0.15) is 0 Å². The molecule has 2 aromatic heterocycles. The van der Waals surface area contributed by atoms with E-state index in [1.54, 1.807) is 6.20 Å². The van der Waals surface area contributed by atoms with E-state index < -0.39 is 0 Å². The summed E-state index contributed by atoms with van der Waals surface area (Å²) in [6.45, 7) is 6.82. The highest BCUT2D eigenvalue weighted by molar-refractivity contribution is 5.95. The molecule has 7 heteroatoms. The quantitative estimate of drug-likeness (QED) is 0.826. The number of amides is 1. The van der Waals surface area contributed by atoms with Crippen LogP contribution in [0.5, 0.6) is 0 Å². The molecule has 4 rings (SSSR count). The van der Waals surface area contributed by atoms with Crippen LogP contribution in [0.4, 0.5) is 0 Å². The number of piperidine rings is 1. The summed E-state index contributed by atoms with van der Waals surface area (Å²) in [7, 11) is 0. The normalized spacial score (nSPS) is 24.1. The monoisotopic (exact) mass is 370 g/mol. The van der Waals surface area contributed by atoms with Crippen molar-refractivity contribution < 1.29 is 14.1 Å². The van der Waals surface area contributed by atoms with Crippen molar-refractivity contribution in [3.63, 3.8) is 0 Å². The van der Waals surface area contributed by atoms with Gasteiger partial charge in [-0.25, -0.2) is 0 Å². The van der Waals surface area contributed by atoms with Crippen LogP contribution in [-0.2, 0) is 10.2 Å². The first-order chi connectivity index (χ1) is 13.1. The van der Waals surface area contributed by atoms with Gasteiger partial charge in [-0.3, -0.25) is 9.78 Å². The molecule has 1 atom stereocenters. The Bertz CT molecular complexity index is 815. The van der Waals surface area contributed by atoms with E-state index in [0.29, 0.717) is 23.8 Å². The molecule has 2 aromatic rings. The number of carbonyl (C=O) groups excluding carboxylic acids is 1. The average Bonchev–Trinajstić information content (AvgIpc) is 3.20. The lowest BCUT2D eigenvalue weighted by molar-refractivity contribution is 0.0640. The lowest BCUT2D eigenvalue weighted by Crippen LogP contribution is -2.47. The summed E-state index contributed by atoms with van der Waals surface area (Å²) in [4.78, 5) is 23.9. The summed E-state index contributed by atoms with van der Waals surface area (Å²) in [6, 6.07) is 3.65. The number of carbonyl (C=O) groups is 1. The topological polar surface area (TPSA) is 81.4 Å². The zero-order chi connectivity index (χ0) is 18.9. The summed E-state index contributed by atoms with van der Waals surface area (Å²) < 4.78 is 11.0. The van der Waals surface area contributed by atoms with Crippen LogP contribution in [0.3, 0.4) is 0 Å². The van der Waals surface area contributed by atoms with Crippen LogP contribution in [0, 0.1) is 6.92 Å². The van der Waals surface area contributed by atoms with E-state index in [4.69, 9.17) is 14.2 Å². The first-order valence-electron chi connectivity index (χ1n) is 9.69. The minimum absolute atomic E-state index is 0.0275. The number of pyridine rings is 1. The van der Waals surface area contributed by atoms with Crippen molar-refractivity contribution in [1.82, 2.24) is 20.0 Å². The van der Waals surface area contributed by atoms with Crippen molar-refractivity contribution in [2.45, 2.75) is 50.9 Å². The molecule has 2 aliphatic heterocycles. The Hall–Kier alpha value is -2.28. The van der Waals surface area contributed by atoms with E-state index in [2.05, 4.69) is 17.1 Å². The van der Waals surface area contributed by atoms with Gasteiger partial charge in [0, 0.05) is 49.5 Å². The molecule has 0 radical (unpaired) electrons. The largest absolute Gasteiger partial charge is 0.381 e. The van der Waals surface area contributed by atoms with Crippen molar-refractivity contribution >= 4 is 5.91 Å². The maximum Gasteiger partial charge on any atom is 0.255 e. The summed E-state index contributed by atoms with van der Waals surface area (Å²) in [5, 5.41) is 4.29. The van der Waals surface area contributed by atoms with Gasteiger partial charge in [-0.2, -0.15) is 4.98 Å². The van der Waals surface area contributed by atoms with Crippen molar-refractivity contribution in [2.24, 2.45) is 0 Å². The number of rotatable bonds is 3. The fraction of sp³-hybridized carbons (Fsp3) is 0.600. The Morgan fingerprint density at radius 2 is 2.15 bits per heavy atom. The highest BCUT2D eigenvalue weighted by Crippen LogP contribution is 2.34. The molecular formula is C20H26N4O3. The first kappa shape index (κ1) is 18.1. The van der Waals surface area contributed by atoms with Crippen LogP contribution >= 0.6 is 0 Å². The van der Waals surface area contributed by atoms with Crippen molar-refractivity contribution in [3.05, 3.63) is 41.3 Å². The molecule has 2 saturated heterocycles. The zero-order valence-electron chi connectivity index (χ0n) is 16.0. The Morgan fingerprint density at radius 3 is 2.93 bits per heavy atom. The summed E-state index contributed by atoms with van der Waals surface area (Å²) in [5.41, 5.74) is 1.13. The Balaban J connectivity index is 1.52. The summed E-state index contributed by atoms with van der Waals surface area (Å²) >= 11 is 0. The molecule has 2 aliphatic rings. The van der Waals surface area contributed by atoms with E-state index >= 15 is 0 Å². The van der Waals surface area contributed by atoms with Crippen LogP contribution in [0.15, 0.2) is 22.9 Å². The second-order valence-electron chi connectivity index (χ2n) is 7.87. The number of hydrogen-bond acceptors (Lipinski definition) is 6. The second-order valence-corrected chi connectivity index (χ2v) is 7.87. The molecule has 0 saturated carbocycles. The van der Waals surface area contributed by atoms with Crippen LogP contribution in [0.1, 0.15) is 66.3 Å². The number of likely N-dealkylation sites (tertiary alicyclic amines) is 1. The highest BCUT2D eigenvalue weighted by Gasteiger charge is 2.39. The number of ether oxygens (including phenoxy) is 1. The second kappa shape index (κ2) is 7.38. The van der Waals surface area contributed by atoms with Gasteiger partial charge in [0.2, 0.25) is 5.89 Å². The number of nitrogens with zero attached hydrogens (tertiary/aromatic N) is 4. The standard InChI is InChI=1S/C20H26N4O3/c1-14-16(5-3-9-21-14)18(25)24-10-4-8-20(2,13-24)19-22-17(27-23-19)15-6-11-26-12-7-15/h3,5,9,15H,4,6-8,10-13H2,1-2H3. The lowest BCUT2D eigenvalue weighted by atomic mass is 9.81. The Morgan fingerprint density at radius 1 is 1.33 bits per heavy atom. The molecule has 0 aliphatic carbocycles. The maximum atomic E-state index is 13.0. The van der Waals surface area contributed by atoms with Gasteiger partial charge in [0.15, 0.2) is 5.82 Å². The third kappa shape index (κ3) is 3.60. The molecule has 2 fully saturated rings. The molecule has 7 nitrogen and oxygen atoms in total. The van der Waals surface area contributed by atoms with E-state index in [0.717, 1.165) is 51.1 Å². The van der Waals surface area contributed by atoms with Gasteiger partial charge in [0.25, 0.3) is 5.91 Å². The van der Waals surface area contributed by atoms with Gasteiger partial charge >= 0.3 is 0 Å². The summed E-state index contributed by atoms with van der Waals surface area (Å²) in [6.07, 6.45) is 5.41. The number of aryl methyl sites for hydroxylation is 1. The average molecular weight is 370 g/mol.